The Balaban J connectivity index is 2.33. The van der Waals surface area contributed by atoms with Crippen molar-refractivity contribution in [1.29, 1.82) is 0 Å². The molecular formula is C15H23Cl2NO3. The molecule has 0 fully saturated rings. The first-order valence-electron chi connectivity index (χ1n) is 7.02. The number of halogens is 2. The Morgan fingerprint density at radius 1 is 1.24 bits per heavy atom. The molecule has 3 N–H and O–H groups in total. The van der Waals surface area contributed by atoms with Crippen molar-refractivity contribution < 1.29 is 14.9 Å². The van der Waals surface area contributed by atoms with E-state index in [-0.39, 0.29) is 19.3 Å². The van der Waals surface area contributed by atoms with Crippen LogP contribution in [0, 0.1) is 5.92 Å². The first kappa shape index (κ1) is 18.5. The maximum atomic E-state index is 9.88. The summed E-state index contributed by atoms with van der Waals surface area (Å²) in [4.78, 5) is 0. The summed E-state index contributed by atoms with van der Waals surface area (Å²) in [6.07, 6.45) is 0.192. The van der Waals surface area contributed by atoms with Gasteiger partial charge in [0.05, 0.1) is 16.7 Å². The molecule has 21 heavy (non-hydrogen) atoms. The van der Waals surface area contributed by atoms with E-state index in [4.69, 9.17) is 27.9 Å². The lowest BCUT2D eigenvalue weighted by atomic mass is 10.0. The van der Waals surface area contributed by atoms with E-state index in [9.17, 15) is 10.2 Å². The molecule has 0 radical (unpaired) electrons. The van der Waals surface area contributed by atoms with Gasteiger partial charge in [-0.2, -0.15) is 0 Å². The number of aliphatic hydroxyl groups excluding tert-OH is 2. The van der Waals surface area contributed by atoms with Crippen molar-refractivity contribution >= 4 is 23.2 Å². The Hall–Kier alpha value is -0.520. The fraction of sp³-hybridized carbons (Fsp3) is 0.600. The summed E-state index contributed by atoms with van der Waals surface area (Å²) in [5.74, 6) is 1.04. The van der Waals surface area contributed by atoms with Crippen molar-refractivity contribution in [2.45, 2.75) is 32.4 Å². The van der Waals surface area contributed by atoms with Crippen LogP contribution in [-0.4, -0.2) is 42.1 Å². The maximum Gasteiger partial charge on any atom is 0.121 e. The molecule has 6 heteroatoms. The minimum atomic E-state index is -0.666. The van der Waals surface area contributed by atoms with E-state index < -0.39 is 6.10 Å². The lowest BCUT2D eigenvalue weighted by Gasteiger charge is -2.20. The van der Waals surface area contributed by atoms with Crippen molar-refractivity contribution in [2.75, 3.05) is 19.8 Å². The fourth-order valence-electron chi connectivity index (χ4n) is 1.91. The summed E-state index contributed by atoms with van der Waals surface area (Å²) in [5.41, 5.74) is 0. The van der Waals surface area contributed by atoms with Crippen molar-refractivity contribution in [3.05, 3.63) is 28.2 Å². The van der Waals surface area contributed by atoms with Gasteiger partial charge in [-0.1, -0.05) is 37.0 Å². The molecule has 1 aromatic rings. The summed E-state index contributed by atoms with van der Waals surface area (Å²) < 4.78 is 5.46. The highest BCUT2D eigenvalue weighted by atomic mass is 35.5. The molecule has 0 aliphatic heterocycles. The quantitative estimate of drug-likeness (QED) is 0.649. The molecule has 0 heterocycles. The molecule has 0 saturated carbocycles. The smallest absolute Gasteiger partial charge is 0.121 e. The van der Waals surface area contributed by atoms with Crippen molar-refractivity contribution in [3.63, 3.8) is 0 Å². The molecule has 0 aliphatic carbocycles. The number of aliphatic hydroxyl groups is 2. The van der Waals surface area contributed by atoms with E-state index in [0.717, 1.165) is 6.42 Å². The van der Waals surface area contributed by atoms with Gasteiger partial charge < -0.3 is 20.3 Å². The molecule has 4 nitrogen and oxygen atoms in total. The lowest BCUT2D eigenvalue weighted by Crippen LogP contribution is -2.40. The van der Waals surface area contributed by atoms with Gasteiger partial charge in [-0.3, -0.25) is 0 Å². The van der Waals surface area contributed by atoms with Gasteiger partial charge in [0.15, 0.2) is 0 Å². The third kappa shape index (κ3) is 7.34. The molecular weight excluding hydrogens is 313 g/mol. The molecule has 0 saturated heterocycles. The zero-order chi connectivity index (χ0) is 15.8. The number of hydrogen-bond acceptors (Lipinski definition) is 4. The monoisotopic (exact) mass is 335 g/mol. The van der Waals surface area contributed by atoms with E-state index >= 15 is 0 Å². The van der Waals surface area contributed by atoms with Crippen LogP contribution in [0.2, 0.25) is 10.0 Å². The van der Waals surface area contributed by atoms with Crippen LogP contribution in [0.25, 0.3) is 0 Å². The van der Waals surface area contributed by atoms with E-state index in [1.807, 2.05) is 0 Å². The van der Waals surface area contributed by atoms with Gasteiger partial charge in [-0.05, 0) is 24.5 Å². The average Bonchev–Trinajstić information content (AvgIpc) is 2.44. The lowest BCUT2D eigenvalue weighted by molar-refractivity contribution is 0.0981. The van der Waals surface area contributed by atoms with Gasteiger partial charge in [0, 0.05) is 18.7 Å². The topological polar surface area (TPSA) is 61.7 Å². The molecule has 2 atom stereocenters. The van der Waals surface area contributed by atoms with Gasteiger partial charge >= 0.3 is 0 Å². The van der Waals surface area contributed by atoms with Crippen molar-refractivity contribution in [3.8, 4) is 5.75 Å². The molecule has 1 aromatic carbocycles. The van der Waals surface area contributed by atoms with Gasteiger partial charge in [-0.15, -0.1) is 0 Å². The fourth-order valence-corrected chi connectivity index (χ4v) is 2.20. The highest BCUT2D eigenvalue weighted by Crippen LogP contribution is 2.26. The van der Waals surface area contributed by atoms with Gasteiger partial charge in [0.1, 0.15) is 18.5 Å². The highest BCUT2D eigenvalue weighted by Gasteiger charge is 2.12. The number of benzene rings is 1. The second kappa shape index (κ2) is 9.49. The van der Waals surface area contributed by atoms with Crippen molar-refractivity contribution in [1.82, 2.24) is 5.32 Å². The molecule has 0 spiro atoms. The predicted octanol–water partition coefficient (Wildman–Crippen LogP) is 2.73. The number of nitrogens with one attached hydrogen (secondary N) is 1. The largest absolute Gasteiger partial charge is 0.491 e. The minimum Gasteiger partial charge on any atom is -0.491 e. The van der Waals surface area contributed by atoms with Crippen molar-refractivity contribution in [2.24, 2.45) is 5.92 Å². The normalized spacial score (nSPS) is 14.2. The Morgan fingerprint density at radius 3 is 2.52 bits per heavy atom. The molecule has 120 valence electrons. The Bertz CT molecular complexity index is 429. The van der Waals surface area contributed by atoms with Gasteiger partial charge in [0.25, 0.3) is 0 Å². The predicted molar refractivity (Wildman–Crippen MR) is 86.3 cm³/mol. The van der Waals surface area contributed by atoms with Crippen LogP contribution in [0.5, 0.6) is 5.75 Å². The van der Waals surface area contributed by atoms with Crippen LogP contribution >= 0.6 is 23.2 Å². The summed E-state index contributed by atoms with van der Waals surface area (Å²) in [6.45, 7) is 4.74. The summed E-state index contributed by atoms with van der Waals surface area (Å²) in [5, 5.41) is 23.1. The first-order valence-corrected chi connectivity index (χ1v) is 7.78. The standard InChI is InChI=1S/C15H23Cl2NO3/c1-10(2)5-11(8-19)18-7-12(20)9-21-13-3-4-14(16)15(17)6-13/h3-4,6,10-12,18-20H,5,7-9H2,1-2H3. The van der Waals surface area contributed by atoms with E-state index in [1.54, 1.807) is 18.2 Å². The zero-order valence-corrected chi connectivity index (χ0v) is 13.9. The highest BCUT2D eigenvalue weighted by molar-refractivity contribution is 6.42. The van der Waals surface area contributed by atoms with Gasteiger partial charge in [0.2, 0.25) is 0 Å². The maximum absolute atomic E-state index is 9.88. The Labute approximate surface area is 136 Å². The summed E-state index contributed by atoms with van der Waals surface area (Å²) in [7, 11) is 0. The second-order valence-electron chi connectivity index (χ2n) is 5.46. The first-order chi connectivity index (χ1) is 9.92. The Kier molecular flexibility index (Phi) is 8.37. The average molecular weight is 336 g/mol. The van der Waals surface area contributed by atoms with Crippen LogP contribution in [0.15, 0.2) is 18.2 Å². The molecule has 0 amide bonds. The molecule has 0 aromatic heterocycles. The van der Waals surface area contributed by atoms with Crippen LogP contribution in [0.1, 0.15) is 20.3 Å². The SMILES string of the molecule is CC(C)CC(CO)NCC(O)COc1ccc(Cl)c(Cl)c1. The number of rotatable bonds is 9. The molecule has 0 aliphatic rings. The number of hydrogen-bond donors (Lipinski definition) is 3. The number of ether oxygens (including phenoxy) is 1. The van der Waals surface area contributed by atoms with E-state index in [2.05, 4.69) is 19.2 Å². The van der Waals surface area contributed by atoms with Crippen LogP contribution in [0.3, 0.4) is 0 Å². The van der Waals surface area contributed by atoms with Gasteiger partial charge in [-0.25, -0.2) is 0 Å². The third-order valence-electron chi connectivity index (χ3n) is 2.95. The zero-order valence-electron chi connectivity index (χ0n) is 12.4. The summed E-state index contributed by atoms with van der Waals surface area (Å²) in [6, 6.07) is 4.95. The van der Waals surface area contributed by atoms with Crippen LogP contribution in [-0.2, 0) is 0 Å². The van der Waals surface area contributed by atoms with Crippen LogP contribution in [0.4, 0.5) is 0 Å². The van der Waals surface area contributed by atoms with E-state index in [0.29, 0.717) is 28.3 Å². The molecule has 1 rings (SSSR count). The molecule has 2 unspecified atom stereocenters. The van der Waals surface area contributed by atoms with Crippen LogP contribution < -0.4 is 10.1 Å². The summed E-state index contributed by atoms with van der Waals surface area (Å²) >= 11 is 11.7. The molecule has 0 bridgehead atoms. The second-order valence-corrected chi connectivity index (χ2v) is 6.27. The third-order valence-corrected chi connectivity index (χ3v) is 3.69. The minimum absolute atomic E-state index is 0.00961. The Morgan fingerprint density at radius 2 is 1.95 bits per heavy atom. The van der Waals surface area contributed by atoms with E-state index in [1.165, 1.54) is 0 Å².